The molecule has 2 heterocycles. The van der Waals surface area contributed by atoms with Crippen LogP contribution in [0.4, 0.5) is 10.2 Å². The summed E-state index contributed by atoms with van der Waals surface area (Å²) in [6, 6.07) is 15.4. The van der Waals surface area contributed by atoms with E-state index in [2.05, 4.69) is 10.3 Å². The number of aliphatic carboxylic acids is 1. The minimum atomic E-state index is -1.12. The van der Waals surface area contributed by atoms with Gasteiger partial charge in [-0.25, -0.2) is 14.2 Å². The summed E-state index contributed by atoms with van der Waals surface area (Å²) in [7, 11) is 0. The van der Waals surface area contributed by atoms with Crippen molar-refractivity contribution in [1.29, 1.82) is 5.26 Å². The number of carboxylic acid groups (broad SMARTS) is 1. The van der Waals surface area contributed by atoms with Crippen LogP contribution in [0, 0.1) is 24.2 Å². The lowest BCUT2D eigenvalue weighted by molar-refractivity contribution is -0.141. The molecular weight excluding hydrogens is 589 g/mol. The van der Waals surface area contributed by atoms with E-state index in [4.69, 9.17) is 26.7 Å². The highest BCUT2D eigenvalue weighted by molar-refractivity contribution is 6.30. The highest BCUT2D eigenvalue weighted by Gasteiger charge is 2.18. The van der Waals surface area contributed by atoms with Gasteiger partial charge < -0.3 is 15.2 Å². The van der Waals surface area contributed by atoms with Crippen molar-refractivity contribution in [2.75, 3.05) is 5.32 Å². The molecular formula is C32H35ClFN5O5. The van der Waals surface area contributed by atoms with Crippen LogP contribution in [0.3, 0.4) is 0 Å². The maximum absolute atomic E-state index is 14.9. The average Bonchev–Trinajstić information content (AvgIpc) is 3.18. The summed E-state index contributed by atoms with van der Waals surface area (Å²) in [5.41, 5.74) is 0.284. The molecule has 3 aromatic rings. The number of allylic oxidation sites excluding steroid dienone is 4. The molecule has 4 rings (SSSR count). The van der Waals surface area contributed by atoms with Gasteiger partial charge in [-0.3, -0.25) is 18.7 Å². The summed E-state index contributed by atoms with van der Waals surface area (Å²) < 4.78 is 22.5. The van der Waals surface area contributed by atoms with Crippen LogP contribution < -0.4 is 21.3 Å². The SMILES string of the molecule is CC.CCn1c(NC2=CC(F)=C(Oc3cccc(C#N)n3)CC=C2)cc(=O)n(C[C@H](C)C(=O)O)c1=O.Cc1ccc(Cl)cc1. The zero-order valence-corrected chi connectivity index (χ0v) is 25.9. The number of nitrogens with one attached hydrogen (secondary N) is 1. The van der Waals surface area contributed by atoms with E-state index in [1.807, 2.05) is 51.1 Å². The number of hydrogen-bond acceptors (Lipinski definition) is 7. The van der Waals surface area contributed by atoms with E-state index in [1.165, 1.54) is 29.2 Å². The van der Waals surface area contributed by atoms with Crippen molar-refractivity contribution in [3.05, 3.63) is 121 Å². The van der Waals surface area contributed by atoms with Crippen molar-refractivity contribution in [2.24, 2.45) is 5.92 Å². The molecule has 0 fully saturated rings. The van der Waals surface area contributed by atoms with Gasteiger partial charge >= 0.3 is 11.7 Å². The Balaban J connectivity index is 0.000000577. The van der Waals surface area contributed by atoms with Crippen molar-refractivity contribution >= 4 is 23.4 Å². The Kier molecular flexibility index (Phi) is 13.8. The number of benzene rings is 1. The van der Waals surface area contributed by atoms with Gasteiger partial charge in [-0.15, -0.1) is 0 Å². The first-order chi connectivity index (χ1) is 21.0. The number of anilines is 1. The Morgan fingerprint density at radius 1 is 1.20 bits per heavy atom. The molecule has 0 saturated carbocycles. The molecule has 0 spiro atoms. The van der Waals surface area contributed by atoms with Crippen molar-refractivity contribution < 1.29 is 19.0 Å². The Morgan fingerprint density at radius 2 is 1.89 bits per heavy atom. The first-order valence-corrected chi connectivity index (χ1v) is 14.3. The summed E-state index contributed by atoms with van der Waals surface area (Å²) >= 11 is 5.61. The molecule has 2 aromatic heterocycles. The Hall–Kier alpha value is -4.95. The second kappa shape index (κ2) is 17.2. The standard InChI is InChI=1S/C23H22FN5O5.C7H7Cl.C2H6/c1-3-28-19(11-21(30)29(23(28)33)13-14(2)22(31)32)26-15-6-4-8-18(17(24)10-15)34-20-9-5-7-16(12-25)27-20;1-6-2-4-7(8)5-3-6;1-2/h4-7,9-11,14,26H,3,8,13H2,1-2H3,(H,31,32);2-5H,1H3;1-2H3/t14-;;/m0../s1. The Labute approximate surface area is 260 Å². The van der Waals surface area contributed by atoms with E-state index in [1.54, 1.807) is 25.1 Å². The smallest absolute Gasteiger partial charge is 0.332 e. The zero-order chi connectivity index (χ0) is 32.8. The van der Waals surface area contributed by atoms with Gasteiger partial charge in [-0.05, 0) is 38.1 Å². The largest absolute Gasteiger partial charge is 0.481 e. The third-order valence-electron chi connectivity index (χ3n) is 5.97. The maximum Gasteiger partial charge on any atom is 0.332 e. The molecule has 0 unspecified atom stereocenters. The lowest BCUT2D eigenvalue weighted by atomic mass is 10.2. The van der Waals surface area contributed by atoms with Crippen molar-refractivity contribution in [2.45, 2.75) is 54.1 Å². The van der Waals surface area contributed by atoms with Crippen molar-refractivity contribution in [1.82, 2.24) is 14.1 Å². The molecule has 12 heteroatoms. The third-order valence-corrected chi connectivity index (χ3v) is 6.22. The second-order valence-corrected chi connectivity index (χ2v) is 9.65. The molecule has 2 N–H and O–H groups in total. The monoisotopic (exact) mass is 623 g/mol. The van der Waals surface area contributed by atoms with Crippen LogP contribution in [-0.4, -0.2) is 25.2 Å². The van der Waals surface area contributed by atoms with Crippen molar-refractivity contribution in [3.63, 3.8) is 0 Å². The molecule has 1 atom stereocenters. The molecule has 10 nitrogen and oxygen atoms in total. The number of nitriles is 1. The maximum atomic E-state index is 14.9. The van der Waals surface area contributed by atoms with E-state index in [0.29, 0.717) is 0 Å². The van der Waals surface area contributed by atoms with Gasteiger partial charge in [0.1, 0.15) is 23.3 Å². The number of carbonyl (C=O) groups is 1. The molecule has 232 valence electrons. The van der Waals surface area contributed by atoms with E-state index < -0.39 is 29.0 Å². The fourth-order valence-corrected chi connectivity index (χ4v) is 3.84. The zero-order valence-electron chi connectivity index (χ0n) is 25.2. The molecule has 0 aliphatic heterocycles. The summed E-state index contributed by atoms with van der Waals surface area (Å²) in [6.45, 7) is 9.05. The third kappa shape index (κ3) is 10.1. The molecule has 1 aliphatic rings. The van der Waals surface area contributed by atoms with Gasteiger partial charge in [0.2, 0.25) is 5.88 Å². The topological polar surface area (TPSA) is 139 Å². The van der Waals surface area contributed by atoms with Crippen LogP contribution in [0.25, 0.3) is 0 Å². The number of rotatable bonds is 8. The van der Waals surface area contributed by atoms with Crippen molar-refractivity contribution in [3.8, 4) is 11.9 Å². The molecule has 0 bridgehead atoms. The second-order valence-electron chi connectivity index (χ2n) is 9.22. The molecule has 0 radical (unpaired) electrons. The summed E-state index contributed by atoms with van der Waals surface area (Å²) in [4.78, 5) is 40.4. The lowest BCUT2D eigenvalue weighted by Crippen LogP contribution is -2.42. The Bertz CT molecular complexity index is 1680. The predicted molar refractivity (Wildman–Crippen MR) is 168 cm³/mol. The van der Waals surface area contributed by atoms with Crippen LogP contribution in [0.15, 0.2) is 93.6 Å². The number of ether oxygens (including phenoxy) is 1. The summed E-state index contributed by atoms with van der Waals surface area (Å²) in [5, 5.41) is 21.7. The Morgan fingerprint density at radius 3 is 2.48 bits per heavy atom. The van der Waals surface area contributed by atoms with E-state index >= 15 is 0 Å². The highest BCUT2D eigenvalue weighted by atomic mass is 35.5. The number of carboxylic acids is 1. The molecule has 1 aliphatic carbocycles. The summed E-state index contributed by atoms with van der Waals surface area (Å²) in [6.07, 6.45) is 4.44. The van der Waals surface area contributed by atoms with Gasteiger partial charge in [0.25, 0.3) is 5.56 Å². The van der Waals surface area contributed by atoms with E-state index in [-0.39, 0.29) is 48.4 Å². The van der Waals surface area contributed by atoms with Crippen LogP contribution in [0.1, 0.15) is 45.4 Å². The fraction of sp³-hybridized carbons (Fsp3) is 0.281. The van der Waals surface area contributed by atoms with Crippen LogP contribution >= 0.6 is 11.6 Å². The first-order valence-electron chi connectivity index (χ1n) is 13.9. The number of hydrogen-bond donors (Lipinski definition) is 2. The number of pyridine rings is 1. The number of nitrogens with zero attached hydrogens (tertiary/aromatic N) is 4. The van der Waals surface area contributed by atoms with E-state index in [0.717, 1.165) is 21.7 Å². The van der Waals surface area contributed by atoms with Gasteiger partial charge in [-0.2, -0.15) is 5.26 Å². The predicted octanol–water partition coefficient (Wildman–Crippen LogP) is 6.21. The molecule has 0 amide bonds. The molecule has 1 aromatic carbocycles. The number of aryl methyl sites for hydroxylation is 1. The fourth-order valence-electron chi connectivity index (χ4n) is 3.71. The minimum absolute atomic E-state index is 0.0263. The normalized spacial score (nSPS) is 12.7. The number of aromatic nitrogens is 3. The van der Waals surface area contributed by atoms with Gasteiger partial charge in [-0.1, -0.05) is 62.2 Å². The van der Waals surface area contributed by atoms with E-state index in [9.17, 15) is 18.8 Å². The van der Waals surface area contributed by atoms with Gasteiger partial charge in [0.05, 0.1) is 5.92 Å². The molecule has 44 heavy (non-hydrogen) atoms. The van der Waals surface area contributed by atoms with Gasteiger partial charge in [0.15, 0.2) is 5.83 Å². The first kappa shape index (κ1) is 35.2. The molecule has 0 saturated heterocycles. The number of halogens is 2. The average molecular weight is 624 g/mol. The van der Waals surface area contributed by atoms with Gasteiger partial charge in [0, 0.05) is 48.4 Å². The van der Waals surface area contributed by atoms with Crippen LogP contribution in [0.5, 0.6) is 5.88 Å². The minimum Gasteiger partial charge on any atom is -0.481 e. The highest BCUT2D eigenvalue weighted by Crippen LogP contribution is 2.23. The van der Waals surface area contributed by atoms with Crippen LogP contribution in [-0.2, 0) is 17.9 Å². The lowest BCUT2D eigenvalue weighted by Gasteiger charge is -2.16. The van der Waals surface area contributed by atoms with Crippen LogP contribution in [0.2, 0.25) is 5.02 Å². The summed E-state index contributed by atoms with van der Waals surface area (Å²) in [5.74, 6) is -2.58. The quantitative estimate of drug-likeness (QED) is 0.302.